The lowest BCUT2D eigenvalue weighted by Crippen LogP contribution is -3.00. The summed E-state index contributed by atoms with van der Waals surface area (Å²) in [5, 5.41) is 0. The molecular weight excluding hydrogens is 194 g/mol. The van der Waals surface area contributed by atoms with Crippen LogP contribution in [0.5, 0.6) is 0 Å². The van der Waals surface area contributed by atoms with Crippen LogP contribution < -0.4 is 12.4 Å². The van der Waals surface area contributed by atoms with Gasteiger partial charge in [0.15, 0.2) is 0 Å². The van der Waals surface area contributed by atoms with Gasteiger partial charge >= 0.3 is 0 Å². The van der Waals surface area contributed by atoms with Gasteiger partial charge in [0.2, 0.25) is 0 Å². The molecule has 0 aliphatic rings. The summed E-state index contributed by atoms with van der Waals surface area (Å²) in [5.74, 6) is 0. The summed E-state index contributed by atoms with van der Waals surface area (Å²) in [6, 6.07) is 10.5. The van der Waals surface area contributed by atoms with Gasteiger partial charge in [0.25, 0.3) is 0 Å². The predicted molar refractivity (Wildman–Crippen MR) is 57.3 cm³/mol. The van der Waals surface area contributed by atoms with Crippen molar-refractivity contribution in [3.8, 4) is 0 Å². The maximum atomic E-state index is 2.22. The van der Waals surface area contributed by atoms with Crippen LogP contribution in [0.25, 0.3) is 0 Å². The van der Waals surface area contributed by atoms with Crippen LogP contribution in [0.1, 0.15) is 5.56 Å². The molecule has 0 aliphatic carbocycles. The smallest absolute Gasteiger partial charge is 0.0915 e. The minimum atomic E-state index is 0. The molecule has 0 saturated heterocycles. The SMILES string of the molecule is C[N+](C)(C)C=CCc1ccccc1.[Cl-]. The van der Waals surface area contributed by atoms with E-state index in [-0.39, 0.29) is 12.4 Å². The van der Waals surface area contributed by atoms with E-state index in [1.807, 2.05) is 6.07 Å². The van der Waals surface area contributed by atoms with Crippen molar-refractivity contribution in [1.29, 1.82) is 0 Å². The van der Waals surface area contributed by atoms with Crippen molar-refractivity contribution in [3.05, 3.63) is 48.2 Å². The first-order chi connectivity index (χ1) is 6.08. The summed E-state index contributed by atoms with van der Waals surface area (Å²) < 4.78 is 0.882. The van der Waals surface area contributed by atoms with E-state index in [9.17, 15) is 0 Å². The second kappa shape index (κ2) is 5.84. The van der Waals surface area contributed by atoms with Crippen molar-refractivity contribution < 1.29 is 16.9 Å². The highest BCUT2D eigenvalue weighted by Crippen LogP contribution is 2.01. The molecule has 0 spiro atoms. The molecule has 1 aromatic rings. The van der Waals surface area contributed by atoms with Crippen molar-refractivity contribution in [2.45, 2.75) is 6.42 Å². The van der Waals surface area contributed by atoms with Gasteiger partial charge < -0.3 is 16.9 Å². The second-order valence-electron chi connectivity index (χ2n) is 4.19. The minimum Gasteiger partial charge on any atom is -1.00 e. The monoisotopic (exact) mass is 211 g/mol. The van der Waals surface area contributed by atoms with Gasteiger partial charge in [-0.25, -0.2) is 0 Å². The number of halogens is 1. The van der Waals surface area contributed by atoms with Crippen LogP contribution in [0.2, 0.25) is 0 Å². The Hall–Kier alpha value is -0.790. The zero-order chi connectivity index (χ0) is 9.73. The number of rotatable bonds is 3. The Labute approximate surface area is 93.1 Å². The molecule has 0 N–H and O–H groups in total. The van der Waals surface area contributed by atoms with Crippen LogP contribution in [0.15, 0.2) is 42.6 Å². The molecule has 1 aromatic carbocycles. The molecule has 14 heavy (non-hydrogen) atoms. The lowest BCUT2D eigenvalue weighted by Gasteiger charge is -2.17. The predicted octanol–water partition coefficient (Wildman–Crippen LogP) is -0.547. The van der Waals surface area contributed by atoms with E-state index in [0.717, 1.165) is 10.9 Å². The molecule has 0 bridgehead atoms. The van der Waals surface area contributed by atoms with E-state index >= 15 is 0 Å². The first-order valence-electron chi connectivity index (χ1n) is 4.61. The molecule has 0 amide bonds. The lowest BCUT2D eigenvalue weighted by atomic mass is 10.1. The zero-order valence-electron chi connectivity index (χ0n) is 9.07. The fourth-order valence-electron chi connectivity index (χ4n) is 1.12. The normalized spacial score (nSPS) is 11.4. The molecule has 1 rings (SSSR count). The maximum Gasteiger partial charge on any atom is 0.0915 e. The molecule has 2 heteroatoms. The van der Waals surface area contributed by atoms with Gasteiger partial charge in [-0.1, -0.05) is 30.3 Å². The number of hydrogen-bond acceptors (Lipinski definition) is 0. The fourth-order valence-corrected chi connectivity index (χ4v) is 1.12. The van der Waals surface area contributed by atoms with Gasteiger partial charge in [-0.05, 0) is 18.1 Å². The van der Waals surface area contributed by atoms with E-state index < -0.39 is 0 Å². The molecule has 0 atom stereocenters. The third-order valence-corrected chi connectivity index (χ3v) is 1.75. The van der Waals surface area contributed by atoms with Gasteiger partial charge in [-0.2, -0.15) is 0 Å². The minimum absolute atomic E-state index is 0. The van der Waals surface area contributed by atoms with Crippen molar-refractivity contribution >= 4 is 0 Å². The standard InChI is InChI=1S/C12H18N.ClH/c1-13(2,3)11-7-10-12-8-5-4-6-9-12;/h4-9,11H,10H2,1-3H3;1H/q+1;/p-1. The molecule has 78 valence electrons. The summed E-state index contributed by atoms with van der Waals surface area (Å²) in [7, 11) is 6.46. The Bertz CT molecular complexity index is 272. The molecular formula is C12H18ClN. The van der Waals surface area contributed by atoms with Crippen molar-refractivity contribution in [1.82, 2.24) is 0 Å². The molecule has 0 saturated carbocycles. The summed E-state index contributed by atoms with van der Waals surface area (Å²) in [4.78, 5) is 0. The molecule has 1 nitrogen and oxygen atoms in total. The molecule has 0 radical (unpaired) electrons. The lowest BCUT2D eigenvalue weighted by molar-refractivity contribution is -0.817. The van der Waals surface area contributed by atoms with Crippen LogP contribution in [-0.4, -0.2) is 25.6 Å². The molecule has 0 aromatic heterocycles. The van der Waals surface area contributed by atoms with Gasteiger partial charge in [-0.15, -0.1) is 0 Å². The van der Waals surface area contributed by atoms with E-state index in [2.05, 4.69) is 57.7 Å². The van der Waals surface area contributed by atoms with Crippen LogP contribution in [0, 0.1) is 0 Å². The maximum absolute atomic E-state index is 2.22. The van der Waals surface area contributed by atoms with Crippen molar-refractivity contribution in [2.75, 3.05) is 21.1 Å². The Kier molecular flexibility index (Phi) is 5.51. The third-order valence-electron chi connectivity index (χ3n) is 1.75. The third kappa shape index (κ3) is 5.79. The van der Waals surface area contributed by atoms with Crippen LogP contribution >= 0.6 is 0 Å². The van der Waals surface area contributed by atoms with E-state index in [1.54, 1.807) is 0 Å². The van der Waals surface area contributed by atoms with Crippen molar-refractivity contribution in [3.63, 3.8) is 0 Å². The summed E-state index contributed by atoms with van der Waals surface area (Å²) >= 11 is 0. The largest absolute Gasteiger partial charge is 1.00 e. The number of hydrogen-bond donors (Lipinski definition) is 0. The average Bonchev–Trinajstić information content (AvgIpc) is 2.04. The average molecular weight is 212 g/mol. The first-order valence-corrected chi connectivity index (χ1v) is 4.61. The highest BCUT2D eigenvalue weighted by molar-refractivity contribution is 5.16. The van der Waals surface area contributed by atoms with Gasteiger partial charge in [-0.3, -0.25) is 0 Å². The molecule has 0 aliphatic heterocycles. The highest BCUT2D eigenvalue weighted by Gasteiger charge is 1.98. The van der Waals surface area contributed by atoms with Crippen LogP contribution in [0.3, 0.4) is 0 Å². The summed E-state index contributed by atoms with van der Waals surface area (Å²) in [6.07, 6.45) is 5.44. The molecule has 0 heterocycles. The second-order valence-corrected chi connectivity index (χ2v) is 4.19. The van der Waals surface area contributed by atoms with Crippen LogP contribution in [-0.2, 0) is 6.42 Å². The molecule has 0 fully saturated rings. The van der Waals surface area contributed by atoms with Gasteiger partial charge in [0.05, 0.1) is 27.3 Å². The Balaban J connectivity index is 0.00000169. The van der Waals surface area contributed by atoms with Crippen molar-refractivity contribution in [2.24, 2.45) is 0 Å². The Morgan fingerprint density at radius 1 is 1.07 bits per heavy atom. The van der Waals surface area contributed by atoms with Gasteiger partial charge in [0, 0.05) is 0 Å². The Morgan fingerprint density at radius 3 is 2.14 bits per heavy atom. The number of quaternary nitrogens is 1. The van der Waals surface area contributed by atoms with Gasteiger partial charge in [0.1, 0.15) is 0 Å². The quantitative estimate of drug-likeness (QED) is 0.589. The topological polar surface area (TPSA) is 0 Å². The number of allylic oxidation sites excluding steroid dienone is 1. The summed E-state index contributed by atoms with van der Waals surface area (Å²) in [6.45, 7) is 0. The Morgan fingerprint density at radius 2 is 1.64 bits per heavy atom. The van der Waals surface area contributed by atoms with E-state index in [1.165, 1.54) is 5.56 Å². The molecule has 0 unspecified atom stereocenters. The summed E-state index contributed by atoms with van der Waals surface area (Å²) in [5.41, 5.74) is 1.37. The number of benzene rings is 1. The van der Waals surface area contributed by atoms with E-state index in [4.69, 9.17) is 0 Å². The highest BCUT2D eigenvalue weighted by atomic mass is 35.5. The number of nitrogens with zero attached hydrogens (tertiary/aromatic N) is 1. The fraction of sp³-hybridized carbons (Fsp3) is 0.333. The van der Waals surface area contributed by atoms with Crippen LogP contribution in [0.4, 0.5) is 0 Å². The van der Waals surface area contributed by atoms with E-state index in [0.29, 0.717) is 0 Å². The zero-order valence-corrected chi connectivity index (χ0v) is 9.83. The first kappa shape index (κ1) is 13.2.